The third-order valence-corrected chi connectivity index (χ3v) is 2.51. The van der Waals surface area contributed by atoms with Crippen LogP contribution in [0.1, 0.15) is 18.3 Å². The van der Waals surface area contributed by atoms with E-state index in [9.17, 15) is 0 Å². The van der Waals surface area contributed by atoms with Crippen molar-refractivity contribution in [3.8, 4) is 0 Å². The highest BCUT2D eigenvalue weighted by Gasteiger charge is 2.02. The Balaban J connectivity index is 2.66. The van der Waals surface area contributed by atoms with Crippen LogP contribution in [-0.4, -0.2) is 26.9 Å². The van der Waals surface area contributed by atoms with Gasteiger partial charge in [-0.2, -0.15) is 0 Å². The predicted octanol–water partition coefficient (Wildman–Crippen LogP) is 1.57. The Morgan fingerprint density at radius 1 is 1.38 bits per heavy atom. The molecule has 0 aliphatic rings. The molecule has 0 fully saturated rings. The van der Waals surface area contributed by atoms with Gasteiger partial charge >= 0.3 is 0 Å². The number of rotatable bonds is 3. The van der Waals surface area contributed by atoms with Crippen molar-refractivity contribution in [2.45, 2.75) is 32.0 Å². The number of thioether (sulfide) groups is 1. The van der Waals surface area contributed by atoms with E-state index < -0.39 is 0 Å². The minimum absolute atomic E-state index is 0.311. The number of aryl methyl sites for hydroxylation is 2. The molecule has 0 radical (unpaired) electrons. The third-order valence-electron chi connectivity index (χ3n) is 1.42. The van der Waals surface area contributed by atoms with Gasteiger partial charge in [0.2, 0.25) is 0 Å². The summed E-state index contributed by atoms with van der Waals surface area (Å²) in [7, 11) is 0. The molecule has 0 bridgehead atoms. The average Bonchev–Trinajstić information content (AvgIpc) is 1.99. The van der Waals surface area contributed by atoms with E-state index in [1.165, 1.54) is 11.8 Å². The van der Waals surface area contributed by atoms with Crippen LogP contribution in [-0.2, 0) is 0 Å². The molecule has 3 nitrogen and oxygen atoms in total. The Morgan fingerprint density at radius 2 is 1.92 bits per heavy atom. The summed E-state index contributed by atoms with van der Waals surface area (Å²) >= 11 is 1.48. The maximum Gasteiger partial charge on any atom is 0.188 e. The maximum atomic E-state index is 9.08. The molecule has 0 aromatic carbocycles. The maximum absolute atomic E-state index is 9.08. The molecule has 13 heavy (non-hydrogen) atoms. The largest absolute Gasteiger partial charge is 0.393 e. The van der Waals surface area contributed by atoms with Gasteiger partial charge in [0.15, 0.2) is 5.16 Å². The Morgan fingerprint density at radius 3 is 2.38 bits per heavy atom. The first-order valence-electron chi connectivity index (χ1n) is 4.21. The first kappa shape index (κ1) is 10.5. The second kappa shape index (κ2) is 4.58. The molecule has 1 atom stereocenters. The predicted molar refractivity (Wildman–Crippen MR) is 53.9 cm³/mol. The van der Waals surface area contributed by atoms with Crippen molar-refractivity contribution in [1.29, 1.82) is 0 Å². The van der Waals surface area contributed by atoms with Gasteiger partial charge in [0.1, 0.15) is 0 Å². The third kappa shape index (κ3) is 3.74. The van der Waals surface area contributed by atoms with Crippen LogP contribution in [0.2, 0.25) is 0 Å². The number of aliphatic hydroxyl groups excluding tert-OH is 1. The highest BCUT2D eigenvalue weighted by molar-refractivity contribution is 7.99. The van der Waals surface area contributed by atoms with Crippen LogP contribution in [0, 0.1) is 13.8 Å². The van der Waals surface area contributed by atoms with Crippen molar-refractivity contribution in [2.24, 2.45) is 0 Å². The fourth-order valence-corrected chi connectivity index (χ4v) is 1.76. The number of aliphatic hydroxyl groups is 1. The number of hydrogen-bond donors (Lipinski definition) is 1. The molecule has 0 unspecified atom stereocenters. The van der Waals surface area contributed by atoms with Crippen LogP contribution in [0.4, 0.5) is 0 Å². The summed E-state index contributed by atoms with van der Waals surface area (Å²) < 4.78 is 0. The second-order valence-electron chi connectivity index (χ2n) is 3.09. The second-order valence-corrected chi connectivity index (χ2v) is 4.08. The van der Waals surface area contributed by atoms with Crippen molar-refractivity contribution in [3.05, 3.63) is 17.5 Å². The molecule has 1 N–H and O–H groups in total. The summed E-state index contributed by atoms with van der Waals surface area (Å²) in [5.41, 5.74) is 1.95. The average molecular weight is 198 g/mol. The van der Waals surface area contributed by atoms with Crippen LogP contribution in [0.15, 0.2) is 11.2 Å². The molecule has 0 aliphatic carbocycles. The van der Waals surface area contributed by atoms with Crippen LogP contribution < -0.4 is 0 Å². The van der Waals surface area contributed by atoms with Crippen molar-refractivity contribution in [2.75, 3.05) is 5.75 Å². The summed E-state index contributed by atoms with van der Waals surface area (Å²) in [6, 6.07) is 1.94. The van der Waals surface area contributed by atoms with Crippen molar-refractivity contribution >= 4 is 11.8 Å². The van der Waals surface area contributed by atoms with E-state index in [0.717, 1.165) is 16.5 Å². The lowest BCUT2D eigenvalue weighted by Crippen LogP contribution is -2.04. The number of hydrogen-bond acceptors (Lipinski definition) is 4. The molecule has 1 aromatic heterocycles. The molecule has 0 saturated carbocycles. The van der Waals surface area contributed by atoms with Gasteiger partial charge in [0.25, 0.3) is 0 Å². The van der Waals surface area contributed by atoms with Gasteiger partial charge in [-0.15, -0.1) is 0 Å². The normalized spacial score (nSPS) is 12.9. The molecule has 1 aromatic rings. The first-order chi connectivity index (χ1) is 6.08. The molecule has 72 valence electrons. The zero-order valence-electron chi connectivity index (χ0n) is 8.11. The van der Waals surface area contributed by atoms with Crippen LogP contribution in [0.3, 0.4) is 0 Å². The number of nitrogens with zero attached hydrogens (tertiary/aromatic N) is 2. The van der Waals surface area contributed by atoms with E-state index in [4.69, 9.17) is 5.11 Å². The summed E-state index contributed by atoms with van der Waals surface area (Å²) in [5, 5.41) is 9.82. The Bertz CT molecular complexity index is 269. The zero-order chi connectivity index (χ0) is 9.84. The van der Waals surface area contributed by atoms with E-state index in [-0.39, 0.29) is 6.10 Å². The van der Waals surface area contributed by atoms with Crippen LogP contribution in [0.5, 0.6) is 0 Å². The molecule has 0 saturated heterocycles. The molecule has 0 amide bonds. The van der Waals surface area contributed by atoms with Crippen molar-refractivity contribution in [1.82, 2.24) is 9.97 Å². The molecule has 0 spiro atoms. The van der Waals surface area contributed by atoms with E-state index in [1.807, 2.05) is 19.9 Å². The smallest absolute Gasteiger partial charge is 0.188 e. The molecule has 1 rings (SSSR count). The van der Waals surface area contributed by atoms with E-state index >= 15 is 0 Å². The van der Waals surface area contributed by atoms with Gasteiger partial charge < -0.3 is 5.11 Å². The SMILES string of the molecule is Cc1cc(C)nc(SC[C@H](C)O)n1. The van der Waals surface area contributed by atoms with E-state index in [2.05, 4.69) is 9.97 Å². The highest BCUT2D eigenvalue weighted by atomic mass is 32.2. The fraction of sp³-hybridized carbons (Fsp3) is 0.556. The molecular formula is C9H14N2OS. The van der Waals surface area contributed by atoms with Gasteiger partial charge in [-0.1, -0.05) is 11.8 Å². The summed E-state index contributed by atoms with van der Waals surface area (Å²) in [6.45, 7) is 5.65. The van der Waals surface area contributed by atoms with Gasteiger partial charge in [0.05, 0.1) is 6.10 Å². The summed E-state index contributed by atoms with van der Waals surface area (Å²) in [5.74, 6) is 0.642. The summed E-state index contributed by atoms with van der Waals surface area (Å²) in [4.78, 5) is 8.49. The van der Waals surface area contributed by atoms with Gasteiger partial charge in [0, 0.05) is 17.1 Å². The van der Waals surface area contributed by atoms with Crippen LogP contribution in [0.25, 0.3) is 0 Å². The fourth-order valence-electron chi connectivity index (χ4n) is 0.953. The Labute approximate surface area is 82.6 Å². The number of aromatic nitrogens is 2. The lowest BCUT2D eigenvalue weighted by molar-refractivity contribution is 0.220. The minimum atomic E-state index is -0.311. The Kier molecular flexibility index (Phi) is 3.69. The molecule has 0 aliphatic heterocycles. The molecule has 4 heteroatoms. The monoisotopic (exact) mass is 198 g/mol. The topological polar surface area (TPSA) is 46.0 Å². The Hall–Kier alpha value is -0.610. The lowest BCUT2D eigenvalue weighted by atomic mass is 10.4. The van der Waals surface area contributed by atoms with E-state index in [0.29, 0.717) is 5.75 Å². The lowest BCUT2D eigenvalue weighted by Gasteiger charge is -2.04. The highest BCUT2D eigenvalue weighted by Crippen LogP contribution is 2.14. The summed E-state index contributed by atoms with van der Waals surface area (Å²) in [6.07, 6.45) is -0.311. The van der Waals surface area contributed by atoms with Crippen molar-refractivity contribution < 1.29 is 5.11 Å². The quantitative estimate of drug-likeness (QED) is 0.591. The zero-order valence-corrected chi connectivity index (χ0v) is 8.93. The van der Waals surface area contributed by atoms with Gasteiger partial charge in [-0.05, 0) is 26.8 Å². The van der Waals surface area contributed by atoms with Gasteiger partial charge in [-0.25, -0.2) is 9.97 Å². The standard InChI is InChI=1S/C9H14N2OS/c1-6-4-7(2)11-9(10-6)13-5-8(3)12/h4,8,12H,5H2,1-3H3/t8-/m0/s1. The molecule has 1 heterocycles. The van der Waals surface area contributed by atoms with Gasteiger partial charge in [-0.3, -0.25) is 0 Å². The van der Waals surface area contributed by atoms with E-state index in [1.54, 1.807) is 6.92 Å². The minimum Gasteiger partial charge on any atom is -0.393 e. The first-order valence-corrected chi connectivity index (χ1v) is 5.19. The van der Waals surface area contributed by atoms with Crippen molar-refractivity contribution in [3.63, 3.8) is 0 Å². The van der Waals surface area contributed by atoms with Crippen LogP contribution >= 0.6 is 11.8 Å². The molecular weight excluding hydrogens is 184 g/mol.